The lowest BCUT2D eigenvalue weighted by atomic mass is 10.3. The molecule has 0 aromatic rings. The summed E-state index contributed by atoms with van der Waals surface area (Å²) in [6, 6.07) is 0.608. The molecule has 0 aromatic carbocycles. The Labute approximate surface area is 133 Å². The van der Waals surface area contributed by atoms with Gasteiger partial charge >= 0.3 is 0 Å². The van der Waals surface area contributed by atoms with Crippen LogP contribution in [-0.2, 0) is 0 Å². The molecule has 0 heterocycles. The fourth-order valence-electron chi connectivity index (χ4n) is 2.16. The molecule has 21 heavy (non-hydrogen) atoms. The van der Waals surface area contributed by atoms with Crippen molar-refractivity contribution in [1.29, 1.82) is 0 Å². The van der Waals surface area contributed by atoms with Crippen LogP contribution in [0.3, 0.4) is 0 Å². The lowest BCUT2D eigenvalue weighted by molar-refractivity contribution is 0.200. The molecule has 0 saturated carbocycles. The predicted molar refractivity (Wildman–Crippen MR) is 92.8 cm³/mol. The van der Waals surface area contributed by atoms with Crippen LogP contribution in [0.2, 0.25) is 0 Å². The Hall–Kier alpha value is -0.160. The van der Waals surface area contributed by atoms with Gasteiger partial charge in [0.05, 0.1) is 0 Å². The molecule has 0 fully saturated rings. The van der Waals surface area contributed by atoms with Gasteiger partial charge in [-0.2, -0.15) is 0 Å². The maximum Gasteiger partial charge on any atom is 0.0443 e. The van der Waals surface area contributed by atoms with E-state index in [0.29, 0.717) is 19.3 Å². The minimum Gasteiger partial charge on any atom is -0.396 e. The maximum atomic E-state index is 8.61. The molecule has 0 saturated heterocycles. The van der Waals surface area contributed by atoms with Crippen LogP contribution < -0.4 is 0 Å². The first-order valence-electron chi connectivity index (χ1n) is 8.75. The molecule has 0 aromatic heterocycles. The van der Waals surface area contributed by atoms with Crippen molar-refractivity contribution in [3.63, 3.8) is 0 Å². The summed E-state index contributed by atoms with van der Waals surface area (Å²) in [5.74, 6) is 0. The molecule has 0 aliphatic heterocycles. The third-order valence-electron chi connectivity index (χ3n) is 3.65. The highest BCUT2D eigenvalue weighted by molar-refractivity contribution is 4.59. The van der Waals surface area contributed by atoms with Crippen LogP contribution in [0.25, 0.3) is 0 Å². The largest absolute Gasteiger partial charge is 0.396 e. The van der Waals surface area contributed by atoms with E-state index in [-0.39, 0.29) is 0 Å². The van der Waals surface area contributed by atoms with E-state index < -0.39 is 0 Å². The minimum atomic E-state index is 0.309. The van der Waals surface area contributed by atoms with Crippen molar-refractivity contribution in [3.05, 3.63) is 0 Å². The maximum absolute atomic E-state index is 8.61. The summed E-state index contributed by atoms with van der Waals surface area (Å²) >= 11 is 0. The molecule has 0 bridgehead atoms. The molecule has 0 rings (SSSR count). The summed E-state index contributed by atoms with van der Waals surface area (Å²) in [5.41, 5.74) is 0. The topological polar surface area (TPSA) is 46.9 Å². The Morgan fingerprint density at radius 2 is 1.29 bits per heavy atom. The summed E-state index contributed by atoms with van der Waals surface area (Å²) in [7, 11) is 0. The molecule has 0 aliphatic rings. The zero-order chi connectivity index (χ0) is 16.5. The summed E-state index contributed by atoms with van der Waals surface area (Å²) in [6.07, 6.45) is 4.35. The van der Waals surface area contributed by atoms with E-state index in [0.717, 1.165) is 39.0 Å². The van der Waals surface area contributed by atoms with Crippen molar-refractivity contribution in [3.8, 4) is 0 Å². The van der Waals surface area contributed by atoms with E-state index in [9.17, 15) is 0 Å². The fraction of sp³-hybridized carbons (Fsp3) is 1.00. The molecular weight excluding hydrogens is 264 g/mol. The van der Waals surface area contributed by atoms with Gasteiger partial charge in [-0.1, -0.05) is 27.2 Å². The van der Waals surface area contributed by atoms with E-state index in [1.165, 1.54) is 19.4 Å². The van der Waals surface area contributed by atoms with Gasteiger partial charge in [0.25, 0.3) is 0 Å². The van der Waals surface area contributed by atoms with Crippen LogP contribution in [0.5, 0.6) is 0 Å². The Balaban J connectivity index is 0. The quantitative estimate of drug-likeness (QED) is 0.582. The Morgan fingerprint density at radius 1 is 0.762 bits per heavy atom. The van der Waals surface area contributed by atoms with Crippen molar-refractivity contribution < 1.29 is 10.2 Å². The summed E-state index contributed by atoms with van der Waals surface area (Å²) in [4.78, 5) is 4.73. The summed E-state index contributed by atoms with van der Waals surface area (Å²) in [5, 5.41) is 17.2. The second-order valence-corrected chi connectivity index (χ2v) is 5.66. The second-order valence-electron chi connectivity index (χ2n) is 5.66. The molecule has 0 aliphatic carbocycles. The molecule has 130 valence electrons. The number of aliphatic hydroxyl groups is 2. The highest BCUT2D eigenvalue weighted by atomic mass is 16.3. The SMILES string of the molecule is CCCCN(CC)CCCO.CCN(CCCO)C(C)C. The Bertz CT molecular complexity index is 182. The Kier molecular flexibility index (Phi) is 19.7. The molecule has 2 N–H and O–H groups in total. The van der Waals surface area contributed by atoms with Crippen LogP contribution >= 0.6 is 0 Å². The molecular formula is C17H40N2O2. The zero-order valence-electron chi connectivity index (χ0n) is 15.1. The van der Waals surface area contributed by atoms with Crippen LogP contribution in [0.4, 0.5) is 0 Å². The molecule has 0 radical (unpaired) electrons. The summed E-state index contributed by atoms with van der Waals surface area (Å²) < 4.78 is 0. The number of hydrogen-bond acceptors (Lipinski definition) is 4. The van der Waals surface area contributed by atoms with E-state index in [1.807, 2.05) is 0 Å². The molecule has 4 nitrogen and oxygen atoms in total. The van der Waals surface area contributed by atoms with Gasteiger partial charge in [-0.3, -0.25) is 0 Å². The second kappa shape index (κ2) is 17.9. The van der Waals surface area contributed by atoms with Crippen molar-refractivity contribution in [1.82, 2.24) is 9.80 Å². The number of aliphatic hydroxyl groups excluding tert-OH is 2. The number of nitrogens with zero attached hydrogens (tertiary/aromatic N) is 2. The third kappa shape index (κ3) is 16.0. The summed E-state index contributed by atoms with van der Waals surface area (Å²) in [6.45, 7) is 17.0. The normalized spacial score (nSPS) is 11.1. The van der Waals surface area contributed by atoms with Gasteiger partial charge in [0, 0.05) is 32.3 Å². The van der Waals surface area contributed by atoms with Gasteiger partial charge in [0.1, 0.15) is 0 Å². The number of rotatable bonds is 12. The first kappa shape index (κ1) is 23.1. The molecule has 0 unspecified atom stereocenters. The zero-order valence-corrected chi connectivity index (χ0v) is 15.1. The molecule has 0 atom stereocenters. The standard InChI is InChI=1S/C9H21NO.C8H19NO/c1-3-5-7-10(4-2)8-6-9-11;1-4-9(8(2)3)6-5-7-10/h11H,3-9H2,1-2H3;8,10H,4-7H2,1-3H3. The number of unbranched alkanes of at least 4 members (excludes halogenated alkanes) is 1. The number of hydrogen-bond donors (Lipinski definition) is 2. The first-order chi connectivity index (χ1) is 10.1. The van der Waals surface area contributed by atoms with Crippen molar-refractivity contribution in [2.24, 2.45) is 0 Å². The molecule has 0 amide bonds. The minimum absolute atomic E-state index is 0.309. The molecule has 0 spiro atoms. The van der Waals surface area contributed by atoms with E-state index in [1.54, 1.807) is 0 Å². The first-order valence-corrected chi connectivity index (χ1v) is 8.75. The lowest BCUT2D eigenvalue weighted by Gasteiger charge is -2.23. The molecule has 4 heteroatoms. The average Bonchev–Trinajstić information content (AvgIpc) is 2.48. The van der Waals surface area contributed by atoms with Crippen LogP contribution in [0, 0.1) is 0 Å². The Morgan fingerprint density at radius 3 is 1.67 bits per heavy atom. The third-order valence-corrected chi connectivity index (χ3v) is 3.65. The van der Waals surface area contributed by atoms with Crippen LogP contribution in [0.1, 0.15) is 60.3 Å². The average molecular weight is 305 g/mol. The van der Waals surface area contributed by atoms with Crippen molar-refractivity contribution >= 4 is 0 Å². The van der Waals surface area contributed by atoms with E-state index in [2.05, 4.69) is 44.4 Å². The lowest BCUT2D eigenvalue weighted by Crippen LogP contribution is -2.31. The highest BCUT2D eigenvalue weighted by Crippen LogP contribution is 1.97. The van der Waals surface area contributed by atoms with Crippen LogP contribution in [0.15, 0.2) is 0 Å². The monoisotopic (exact) mass is 304 g/mol. The highest BCUT2D eigenvalue weighted by Gasteiger charge is 2.04. The van der Waals surface area contributed by atoms with E-state index in [4.69, 9.17) is 10.2 Å². The van der Waals surface area contributed by atoms with Crippen molar-refractivity contribution in [2.45, 2.75) is 66.3 Å². The van der Waals surface area contributed by atoms with Gasteiger partial charge in [0.15, 0.2) is 0 Å². The van der Waals surface area contributed by atoms with Gasteiger partial charge in [0.2, 0.25) is 0 Å². The van der Waals surface area contributed by atoms with Crippen molar-refractivity contribution in [2.75, 3.05) is 45.9 Å². The van der Waals surface area contributed by atoms with E-state index >= 15 is 0 Å². The van der Waals surface area contributed by atoms with Gasteiger partial charge in [-0.15, -0.1) is 0 Å². The van der Waals surface area contributed by atoms with Gasteiger partial charge < -0.3 is 20.0 Å². The fourth-order valence-corrected chi connectivity index (χ4v) is 2.16. The van der Waals surface area contributed by atoms with Crippen LogP contribution in [-0.4, -0.2) is 72.0 Å². The van der Waals surface area contributed by atoms with Gasteiger partial charge in [-0.25, -0.2) is 0 Å². The smallest absolute Gasteiger partial charge is 0.0443 e. The predicted octanol–water partition coefficient (Wildman–Crippen LogP) is 2.59. The van der Waals surface area contributed by atoms with Gasteiger partial charge in [-0.05, 0) is 52.7 Å².